The van der Waals surface area contributed by atoms with Crippen molar-refractivity contribution in [2.75, 3.05) is 48.8 Å². The lowest BCUT2D eigenvalue weighted by Crippen LogP contribution is -2.40. The average Bonchev–Trinajstić information content (AvgIpc) is 3.33. The molecule has 1 aromatic heterocycles. The number of amides is 3. The van der Waals surface area contributed by atoms with Crippen LogP contribution in [0.4, 0.5) is 33.6 Å². The molecule has 1 fully saturated rings. The topological polar surface area (TPSA) is 170 Å². The van der Waals surface area contributed by atoms with Crippen LogP contribution >= 0.6 is 11.6 Å². The van der Waals surface area contributed by atoms with E-state index in [0.29, 0.717) is 35.9 Å². The van der Waals surface area contributed by atoms with Crippen molar-refractivity contribution in [3.63, 3.8) is 0 Å². The minimum Gasteiger partial charge on any atom is -0.494 e. The SMILES string of the molecule is COc1cc(N2CCN(CC(=O)NCC#N)C2=O)ccc1Nc1ncc(Cl)c(Nc2ccccc2S(=O)(=O)C(C)C)n1. The van der Waals surface area contributed by atoms with Crippen LogP contribution in [0, 0.1) is 11.3 Å². The number of hydrogen-bond acceptors (Lipinski definition) is 10. The molecule has 0 spiro atoms. The number of sulfone groups is 1. The van der Waals surface area contributed by atoms with Crippen LogP contribution in [0.25, 0.3) is 0 Å². The Morgan fingerprint density at radius 2 is 1.93 bits per heavy atom. The number of anilines is 5. The molecule has 3 N–H and O–H groups in total. The number of nitrogens with zero attached hydrogens (tertiary/aromatic N) is 5. The highest BCUT2D eigenvalue weighted by atomic mass is 35.5. The van der Waals surface area contributed by atoms with Crippen LogP contribution in [0.15, 0.2) is 53.6 Å². The molecule has 0 saturated carbocycles. The summed E-state index contributed by atoms with van der Waals surface area (Å²) in [4.78, 5) is 36.5. The lowest BCUT2D eigenvalue weighted by Gasteiger charge is -2.20. The lowest BCUT2D eigenvalue weighted by molar-refractivity contribution is -0.121. The first-order valence-electron chi connectivity index (χ1n) is 12.8. The normalized spacial score (nSPS) is 13.2. The molecule has 0 aliphatic carbocycles. The third-order valence-corrected chi connectivity index (χ3v) is 8.84. The van der Waals surface area contributed by atoms with Gasteiger partial charge in [-0.3, -0.25) is 9.69 Å². The molecule has 2 aromatic carbocycles. The van der Waals surface area contributed by atoms with Gasteiger partial charge in [0.1, 0.15) is 23.9 Å². The van der Waals surface area contributed by atoms with Crippen molar-refractivity contribution in [2.45, 2.75) is 24.0 Å². The highest BCUT2D eigenvalue weighted by Crippen LogP contribution is 2.34. The molecular formula is C27H29ClN8O5S. The van der Waals surface area contributed by atoms with Crippen LogP contribution in [0.1, 0.15) is 13.8 Å². The van der Waals surface area contributed by atoms with Crippen molar-refractivity contribution >= 4 is 62.2 Å². The number of urea groups is 1. The Kier molecular flexibility index (Phi) is 9.34. The molecule has 0 unspecified atom stereocenters. The fraction of sp³-hybridized carbons (Fsp3) is 0.296. The maximum atomic E-state index is 12.9. The van der Waals surface area contributed by atoms with Crippen LogP contribution in [-0.2, 0) is 14.6 Å². The Morgan fingerprint density at radius 3 is 2.64 bits per heavy atom. The van der Waals surface area contributed by atoms with Gasteiger partial charge in [0.2, 0.25) is 11.9 Å². The van der Waals surface area contributed by atoms with Crippen molar-refractivity contribution in [1.82, 2.24) is 20.2 Å². The van der Waals surface area contributed by atoms with Gasteiger partial charge in [0.05, 0.1) is 40.9 Å². The summed E-state index contributed by atoms with van der Waals surface area (Å²) < 4.78 is 31.3. The largest absolute Gasteiger partial charge is 0.494 e. The monoisotopic (exact) mass is 612 g/mol. The van der Waals surface area contributed by atoms with E-state index in [4.69, 9.17) is 21.6 Å². The zero-order chi connectivity index (χ0) is 30.4. The minimum absolute atomic E-state index is 0.124. The third kappa shape index (κ3) is 6.64. The van der Waals surface area contributed by atoms with Crippen LogP contribution in [0.5, 0.6) is 5.75 Å². The molecule has 1 aliphatic heterocycles. The number of nitrogens with one attached hydrogen (secondary N) is 3. The van der Waals surface area contributed by atoms with E-state index in [-0.39, 0.29) is 40.8 Å². The summed E-state index contributed by atoms with van der Waals surface area (Å²) in [5.41, 5.74) is 1.38. The molecular weight excluding hydrogens is 584 g/mol. The van der Waals surface area contributed by atoms with Crippen LogP contribution in [0.3, 0.4) is 0 Å². The van der Waals surface area contributed by atoms with Crippen molar-refractivity contribution in [3.8, 4) is 11.8 Å². The van der Waals surface area contributed by atoms with Gasteiger partial charge in [0, 0.05) is 24.8 Å². The van der Waals surface area contributed by atoms with E-state index < -0.39 is 21.0 Å². The quantitative estimate of drug-likeness (QED) is 0.271. The van der Waals surface area contributed by atoms with Gasteiger partial charge in [-0.25, -0.2) is 18.2 Å². The molecule has 0 bridgehead atoms. The highest BCUT2D eigenvalue weighted by molar-refractivity contribution is 7.92. The van der Waals surface area contributed by atoms with Crippen molar-refractivity contribution in [2.24, 2.45) is 0 Å². The second-order valence-electron chi connectivity index (χ2n) is 9.41. The zero-order valence-corrected chi connectivity index (χ0v) is 24.7. The molecule has 1 saturated heterocycles. The van der Waals surface area contributed by atoms with Gasteiger partial charge in [-0.15, -0.1) is 0 Å². The van der Waals surface area contributed by atoms with Crippen molar-refractivity contribution < 1.29 is 22.7 Å². The molecule has 4 rings (SSSR count). The van der Waals surface area contributed by atoms with E-state index in [1.165, 1.54) is 29.2 Å². The Labute approximate surface area is 248 Å². The summed E-state index contributed by atoms with van der Waals surface area (Å²) in [5, 5.41) is 16.7. The summed E-state index contributed by atoms with van der Waals surface area (Å²) in [6.45, 7) is 3.65. The summed E-state index contributed by atoms with van der Waals surface area (Å²) in [7, 11) is -2.10. The molecule has 0 atom stereocenters. The number of carbonyl (C=O) groups excluding carboxylic acids is 2. The first kappa shape index (κ1) is 30.4. The molecule has 220 valence electrons. The lowest BCUT2D eigenvalue weighted by atomic mass is 10.2. The number of aromatic nitrogens is 2. The predicted octanol–water partition coefficient (Wildman–Crippen LogP) is 3.69. The number of methoxy groups -OCH3 is 1. The summed E-state index contributed by atoms with van der Waals surface area (Å²) >= 11 is 6.34. The number of ether oxygens (including phenoxy) is 1. The first-order chi connectivity index (χ1) is 20.0. The maximum Gasteiger partial charge on any atom is 0.325 e. The highest BCUT2D eigenvalue weighted by Gasteiger charge is 2.31. The molecule has 1 aliphatic rings. The van der Waals surface area contributed by atoms with Gasteiger partial charge in [0.15, 0.2) is 15.7 Å². The Balaban J connectivity index is 1.52. The fourth-order valence-corrected chi connectivity index (χ4v) is 5.46. The number of carbonyl (C=O) groups is 2. The van der Waals surface area contributed by atoms with E-state index >= 15 is 0 Å². The van der Waals surface area contributed by atoms with Crippen LogP contribution in [-0.4, -0.2) is 73.8 Å². The summed E-state index contributed by atoms with van der Waals surface area (Å²) in [6, 6.07) is 13.1. The molecule has 0 radical (unpaired) electrons. The number of halogens is 1. The van der Waals surface area contributed by atoms with Crippen LogP contribution in [0.2, 0.25) is 5.02 Å². The second kappa shape index (κ2) is 12.9. The van der Waals surface area contributed by atoms with E-state index in [0.717, 1.165) is 0 Å². The van der Waals surface area contributed by atoms with Gasteiger partial charge in [-0.1, -0.05) is 23.7 Å². The Hall–Kier alpha value is -4.61. The van der Waals surface area contributed by atoms with E-state index in [1.54, 1.807) is 50.2 Å². The van der Waals surface area contributed by atoms with Gasteiger partial charge in [-0.05, 0) is 38.1 Å². The predicted molar refractivity (Wildman–Crippen MR) is 158 cm³/mol. The van der Waals surface area contributed by atoms with Crippen LogP contribution < -0.4 is 25.6 Å². The summed E-state index contributed by atoms with van der Waals surface area (Å²) in [6.07, 6.45) is 1.38. The minimum atomic E-state index is -3.58. The summed E-state index contributed by atoms with van der Waals surface area (Å²) in [5.74, 6) is 0.333. The molecule has 2 heterocycles. The fourth-order valence-electron chi connectivity index (χ4n) is 4.12. The smallest absolute Gasteiger partial charge is 0.325 e. The Morgan fingerprint density at radius 1 is 1.17 bits per heavy atom. The number of rotatable bonds is 11. The molecule has 13 nitrogen and oxygen atoms in total. The second-order valence-corrected chi connectivity index (χ2v) is 12.3. The van der Waals surface area contributed by atoms with E-state index in [1.807, 2.05) is 6.07 Å². The Bertz CT molecular complexity index is 1640. The van der Waals surface area contributed by atoms with E-state index in [2.05, 4.69) is 25.9 Å². The number of para-hydroxylation sites is 1. The molecule has 3 aromatic rings. The van der Waals surface area contributed by atoms with Crippen molar-refractivity contribution in [1.29, 1.82) is 5.26 Å². The van der Waals surface area contributed by atoms with Gasteiger partial charge < -0.3 is 25.6 Å². The molecule has 42 heavy (non-hydrogen) atoms. The number of hydrogen-bond donors (Lipinski definition) is 3. The van der Waals surface area contributed by atoms with E-state index in [9.17, 15) is 18.0 Å². The molecule has 3 amide bonds. The average molecular weight is 613 g/mol. The van der Waals surface area contributed by atoms with Gasteiger partial charge >= 0.3 is 6.03 Å². The first-order valence-corrected chi connectivity index (χ1v) is 14.7. The maximum absolute atomic E-state index is 12.9. The third-order valence-electron chi connectivity index (χ3n) is 6.35. The number of benzene rings is 2. The van der Waals surface area contributed by atoms with Gasteiger partial charge in [0.25, 0.3) is 0 Å². The number of nitriles is 1. The molecule has 15 heteroatoms. The van der Waals surface area contributed by atoms with Gasteiger partial charge in [-0.2, -0.15) is 10.2 Å². The zero-order valence-electron chi connectivity index (χ0n) is 23.1. The van der Waals surface area contributed by atoms with Crippen molar-refractivity contribution in [3.05, 3.63) is 53.7 Å². The standard InChI is InChI=1S/C27H29ClN8O5S/c1-17(2)42(39,40)23-7-5-4-6-21(23)32-25-19(28)15-31-26(34-25)33-20-9-8-18(14-22(20)41-3)36-13-12-35(27(36)38)16-24(37)30-11-10-29/h4-9,14-15,17H,11-13,16H2,1-3H3,(H,30,37)(H2,31,32,33,34).